The average Bonchev–Trinajstić information content (AvgIpc) is 3.24. The molecule has 0 spiro atoms. The molecule has 10 heteroatoms. The van der Waals surface area contributed by atoms with Gasteiger partial charge in [-0.15, -0.1) is 0 Å². The summed E-state index contributed by atoms with van der Waals surface area (Å²) in [5, 5.41) is 25.1. The number of benzene rings is 2. The highest BCUT2D eigenvalue weighted by Crippen LogP contribution is 2.27. The number of nitrogens with one attached hydrogen (secondary N) is 1. The third-order valence-corrected chi connectivity index (χ3v) is 4.52. The first kappa shape index (κ1) is 22.0. The summed E-state index contributed by atoms with van der Waals surface area (Å²) in [6.07, 6.45) is -5.15. The van der Waals surface area contributed by atoms with Crippen molar-refractivity contribution in [1.29, 1.82) is 0 Å². The van der Waals surface area contributed by atoms with Crippen molar-refractivity contribution in [1.82, 2.24) is 15.1 Å². The molecule has 2 atom stereocenters. The zero-order valence-corrected chi connectivity index (χ0v) is 16.0. The van der Waals surface area contributed by atoms with Crippen molar-refractivity contribution in [2.45, 2.75) is 24.7 Å². The van der Waals surface area contributed by atoms with Gasteiger partial charge in [0.2, 0.25) is 0 Å². The van der Waals surface area contributed by atoms with Gasteiger partial charge in [-0.25, -0.2) is 9.48 Å². The van der Waals surface area contributed by atoms with Crippen LogP contribution in [-0.2, 0) is 17.4 Å². The average molecular weight is 433 g/mol. The van der Waals surface area contributed by atoms with Gasteiger partial charge in [0.15, 0.2) is 11.8 Å². The summed E-state index contributed by atoms with van der Waals surface area (Å²) in [4.78, 5) is 23.8. The van der Waals surface area contributed by atoms with Crippen molar-refractivity contribution < 1.29 is 33.0 Å². The molecule has 0 aliphatic rings. The number of carbonyl (C=O) groups excluding carboxylic acids is 1. The summed E-state index contributed by atoms with van der Waals surface area (Å²) in [7, 11) is 0. The zero-order valence-electron chi connectivity index (χ0n) is 16.0. The number of alkyl halides is 3. The molecule has 0 aliphatic carbocycles. The number of hydrogen-bond donors (Lipinski definition) is 3. The Labute approximate surface area is 174 Å². The number of nitrogens with zero attached hydrogens (tertiary/aromatic N) is 2. The molecule has 0 unspecified atom stereocenters. The summed E-state index contributed by atoms with van der Waals surface area (Å²) in [5.74, 6) is -2.11. The summed E-state index contributed by atoms with van der Waals surface area (Å²) in [6, 6.07) is 14.0. The Balaban J connectivity index is 1.74. The third-order valence-electron chi connectivity index (χ3n) is 4.52. The van der Waals surface area contributed by atoms with Crippen LogP contribution in [0.25, 0.3) is 5.69 Å². The molecule has 3 rings (SSSR count). The monoisotopic (exact) mass is 433 g/mol. The van der Waals surface area contributed by atoms with Gasteiger partial charge in [-0.1, -0.05) is 30.3 Å². The van der Waals surface area contributed by atoms with Gasteiger partial charge in [0.1, 0.15) is 0 Å². The Morgan fingerprint density at radius 2 is 1.68 bits per heavy atom. The molecule has 1 aromatic heterocycles. The first-order valence-corrected chi connectivity index (χ1v) is 9.14. The minimum absolute atomic E-state index is 0.0889. The lowest BCUT2D eigenvalue weighted by Crippen LogP contribution is -2.48. The van der Waals surface area contributed by atoms with Gasteiger partial charge in [-0.3, -0.25) is 4.79 Å². The van der Waals surface area contributed by atoms with E-state index in [1.807, 2.05) is 0 Å². The van der Waals surface area contributed by atoms with E-state index in [1.54, 1.807) is 30.3 Å². The van der Waals surface area contributed by atoms with Crippen LogP contribution < -0.4 is 5.32 Å². The van der Waals surface area contributed by atoms with E-state index < -0.39 is 35.9 Å². The van der Waals surface area contributed by atoms with Crippen LogP contribution >= 0.6 is 0 Å². The van der Waals surface area contributed by atoms with E-state index in [0.29, 0.717) is 5.69 Å². The van der Waals surface area contributed by atoms with E-state index in [9.17, 15) is 27.9 Å². The van der Waals surface area contributed by atoms with Gasteiger partial charge < -0.3 is 15.5 Å². The highest BCUT2D eigenvalue weighted by atomic mass is 19.4. The zero-order chi connectivity index (χ0) is 22.6. The molecular formula is C21H18F3N3O4. The molecule has 162 valence electrons. The van der Waals surface area contributed by atoms with Crippen LogP contribution in [0.3, 0.4) is 0 Å². The summed E-state index contributed by atoms with van der Waals surface area (Å²) < 4.78 is 39.1. The lowest BCUT2D eigenvalue weighted by molar-refractivity contribution is -0.148. The molecule has 0 aliphatic heterocycles. The maximum Gasteiger partial charge on any atom is 0.435 e. The number of amides is 1. The molecule has 2 aromatic carbocycles. The van der Waals surface area contributed by atoms with Crippen molar-refractivity contribution in [3.8, 4) is 5.69 Å². The predicted octanol–water partition coefficient (Wildman–Crippen LogP) is 2.68. The van der Waals surface area contributed by atoms with Crippen LogP contribution in [0.15, 0.2) is 66.9 Å². The van der Waals surface area contributed by atoms with E-state index in [-0.39, 0.29) is 12.0 Å². The lowest BCUT2D eigenvalue weighted by Gasteiger charge is -2.21. The van der Waals surface area contributed by atoms with Crippen molar-refractivity contribution >= 4 is 11.9 Å². The van der Waals surface area contributed by atoms with Crippen LogP contribution in [0, 0.1) is 0 Å². The Hall–Kier alpha value is -3.66. The van der Waals surface area contributed by atoms with E-state index in [2.05, 4.69) is 10.4 Å². The van der Waals surface area contributed by atoms with E-state index in [0.717, 1.165) is 22.5 Å². The second kappa shape index (κ2) is 9.00. The molecule has 0 radical (unpaired) electrons. The maximum absolute atomic E-state index is 12.7. The summed E-state index contributed by atoms with van der Waals surface area (Å²) in [5.41, 5.74) is 0.129. The summed E-state index contributed by atoms with van der Waals surface area (Å²) >= 11 is 0. The summed E-state index contributed by atoms with van der Waals surface area (Å²) in [6.45, 7) is 0. The first-order chi connectivity index (χ1) is 14.6. The Morgan fingerprint density at radius 3 is 2.23 bits per heavy atom. The number of halogens is 3. The lowest BCUT2D eigenvalue weighted by atomic mass is 10.0. The number of carbonyl (C=O) groups is 2. The minimum Gasteiger partial charge on any atom is -0.479 e. The number of aliphatic hydroxyl groups excluding tert-OH is 1. The van der Waals surface area contributed by atoms with Crippen molar-refractivity contribution in [3.05, 3.63) is 83.7 Å². The number of rotatable bonds is 7. The smallest absolute Gasteiger partial charge is 0.435 e. The number of aliphatic hydroxyl groups is 1. The Morgan fingerprint density at radius 1 is 1.03 bits per heavy atom. The number of aromatic nitrogens is 2. The van der Waals surface area contributed by atoms with Crippen molar-refractivity contribution in [2.75, 3.05) is 0 Å². The van der Waals surface area contributed by atoms with Crippen molar-refractivity contribution in [3.63, 3.8) is 0 Å². The SMILES string of the molecule is O=C(N[C@H](Cc1ccccc1)[C@@H](O)C(=O)O)c1ccc(-n2ccc(C(F)(F)F)n2)cc1. The Kier molecular flexibility index (Phi) is 6.40. The van der Waals surface area contributed by atoms with Crippen LogP contribution in [0.5, 0.6) is 0 Å². The highest BCUT2D eigenvalue weighted by Gasteiger charge is 2.33. The number of carboxylic acid groups (broad SMARTS) is 1. The van der Waals surface area contributed by atoms with Gasteiger partial charge in [0.05, 0.1) is 11.7 Å². The third kappa shape index (κ3) is 5.48. The molecule has 0 saturated heterocycles. The standard InChI is InChI=1S/C21H18F3N3O4/c22-21(23,24)17-10-11-27(26-17)15-8-6-14(7-9-15)19(29)25-16(18(28)20(30)31)12-13-4-2-1-3-5-13/h1-11,16,18,28H,12H2,(H,25,29)(H,30,31)/t16-,18-/m1/s1. The van der Waals surface area contributed by atoms with Gasteiger partial charge >= 0.3 is 12.1 Å². The molecule has 7 nitrogen and oxygen atoms in total. The quantitative estimate of drug-likeness (QED) is 0.532. The van der Waals surface area contributed by atoms with E-state index >= 15 is 0 Å². The number of aliphatic carboxylic acids is 1. The minimum atomic E-state index is -4.57. The fourth-order valence-electron chi connectivity index (χ4n) is 2.92. The maximum atomic E-state index is 12.7. The van der Waals surface area contributed by atoms with E-state index in [1.165, 1.54) is 24.3 Å². The molecule has 3 aromatic rings. The molecule has 0 fully saturated rings. The van der Waals surface area contributed by atoms with Crippen LogP contribution in [0.2, 0.25) is 0 Å². The normalized spacial score (nSPS) is 13.4. The molecule has 31 heavy (non-hydrogen) atoms. The van der Waals surface area contributed by atoms with Gasteiger partial charge in [0, 0.05) is 11.8 Å². The first-order valence-electron chi connectivity index (χ1n) is 9.14. The molecule has 0 bridgehead atoms. The molecular weight excluding hydrogens is 415 g/mol. The van der Waals surface area contributed by atoms with Crippen LogP contribution in [-0.4, -0.2) is 44.0 Å². The van der Waals surface area contributed by atoms with Gasteiger partial charge in [-0.05, 0) is 42.3 Å². The molecule has 3 N–H and O–H groups in total. The molecule has 1 amide bonds. The Bertz CT molecular complexity index is 1050. The van der Waals surface area contributed by atoms with Gasteiger partial charge in [-0.2, -0.15) is 18.3 Å². The predicted molar refractivity (Wildman–Crippen MR) is 104 cm³/mol. The molecule has 0 saturated carbocycles. The van der Waals surface area contributed by atoms with Gasteiger partial charge in [0.25, 0.3) is 5.91 Å². The largest absolute Gasteiger partial charge is 0.479 e. The van der Waals surface area contributed by atoms with Crippen LogP contribution in [0.4, 0.5) is 13.2 Å². The van der Waals surface area contributed by atoms with Crippen LogP contribution in [0.1, 0.15) is 21.6 Å². The highest BCUT2D eigenvalue weighted by molar-refractivity contribution is 5.95. The second-order valence-electron chi connectivity index (χ2n) is 6.74. The fourth-order valence-corrected chi connectivity index (χ4v) is 2.92. The topological polar surface area (TPSA) is 104 Å². The fraction of sp³-hybridized carbons (Fsp3) is 0.190. The number of hydrogen-bond acceptors (Lipinski definition) is 4. The van der Waals surface area contributed by atoms with E-state index in [4.69, 9.17) is 5.11 Å². The number of carboxylic acids is 1. The van der Waals surface area contributed by atoms with Crippen molar-refractivity contribution in [2.24, 2.45) is 0 Å². The molecule has 1 heterocycles. The second-order valence-corrected chi connectivity index (χ2v) is 6.74.